The highest BCUT2D eigenvalue weighted by molar-refractivity contribution is 6.42. The molecule has 0 saturated carbocycles. The number of H-pyrrole nitrogens is 1. The van der Waals surface area contributed by atoms with Crippen molar-refractivity contribution in [1.29, 1.82) is 5.26 Å². The minimum Gasteiger partial charge on any atom is -0.354 e. The number of hydrogen-bond donors (Lipinski definition) is 1. The van der Waals surface area contributed by atoms with Gasteiger partial charge in [-0.1, -0.05) is 65.1 Å². The van der Waals surface area contributed by atoms with Crippen LogP contribution in [-0.2, 0) is 0 Å². The predicted octanol–water partition coefficient (Wildman–Crippen LogP) is 7.58. The highest BCUT2D eigenvalue weighted by atomic mass is 35.5. The first kappa shape index (κ1) is 20.3. The van der Waals surface area contributed by atoms with E-state index in [2.05, 4.69) is 4.98 Å². The summed E-state index contributed by atoms with van der Waals surface area (Å²) in [4.78, 5) is 16.4. The van der Waals surface area contributed by atoms with Crippen molar-refractivity contribution in [1.82, 2.24) is 4.98 Å². The molecule has 1 N–H and O–H groups in total. The van der Waals surface area contributed by atoms with Crippen molar-refractivity contribution in [2.75, 3.05) is 0 Å². The number of aromatic nitrogens is 1. The Morgan fingerprint density at radius 2 is 1.67 bits per heavy atom. The Morgan fingerprint density at radius 1 is 0.933 bits per heavy atom. The molecule has 4 rings (SSSR count). The van der Waals surface area contributed by atoms with Crippen LogP contribution in [0.4, 0.5) is 0 Å². The number of aromatic amines is 1. The van der Waals surface area contributed by atoms with Gasteiger partial charge in [0.25, 0.3) is 0 Å². The number of Topliss-reactive ketones (excluding diaryl/α,β-unsaturated/α-hetero) is 1. The molecule has 3 aromatic carbocycles. The summed E-state index contributed by atoms with van der Waals surface area (Å²) in [7, 11) is 0. The van der Waals surface area contributed by atoms with E-state index in [4.69, 9.17) is 34.8 Å². The van der Waals surface area contributed by atoms with Crippen LogP contribution < -0.4 is 0 Å². The average molecular weight is 452 g/mol. The fourth-order valence-corrected chi connectivity index (χ4v) is 3.67. The van der Waals surface area contributed by atoms with Crippen LogP contribution in [0.25, 0.3) is 28.2 Å². The van der Waals surface area contributed by atoms with Gasteiger partial charge in [0.05, 0.1) is 15.7 Å². The zero-order valence-electron chi connectivity index (χ0n) is 15.4. The lowest BCUT2D eigenvalue weighted by molar-refractivity contribution is 0.104. The molecule has 0 atom stereocenters. The number of nitrogens with one attached hydrogen (secondary N) is 1. The number of ketones is 1. The Balaban J connectivity index is 1.88. The second-order valence-corrected chi connectivity index (χ2v) is 7.84. The van der Waals surface area contributed by atoms with Gasteiger partial charge in [0.15, 0.2) is 0 Å². The third-order valence-electron chi connectivity index (χ3n) is 4.71. The molecule has 0 bridgehead atoms. The Bertz CT molecular complexity index is 1350. The topological polar surface area (TPSA) is 56.6 Å². The molecular weight excluding hydrogens is 439 g/mol. The highest BCUT2D eigenvalue weighted by Crippen LogP contribution is 2.33. The number of nitriles is 1. The number of para-hydroxylation sites is 1. The number of benzene rings is 3. The molecule has 4 aromatic rings. The summed E-state index contributed by atoms with van der Waals surface area (Å²) in [5.41, 5.74) is 3.62. The van der Waals surface area contributed by atoms with E-state index in [9.17, 15) is 10.1 Å². The molecule has 30 heavy (non-hydrogen) atoms. The lowest BCUT2D eigenvalue weighted by Crippen LogP contribution is -2.02. The third kappa shape index (κ3) is 3.86. The maximum atomic E-state index is 13.0. The van der Waals surface area contributed by atoms with Gasteiger partial charge in [-0.2, -0.15) is 5.26 Å². The fraction of sp³-hybridized carbons (Fsp3) is 0. The molecule has 3 nitrogen and oxygen atoms in total. The van der Waals surface area contributed by atoms with Crippen LogP contribution in [0, 0.1) is 11.3 Å². The molecule has 0 spiro atoms. The number of carbonyl (C=O) groups is 1. The highest BCUT2D eigenvalue weighted by Gasteiger charge is 2.17. The first-order valence-electron chi connectivity index (χ1n) is 8.96. The molecule has 0 radical (unpaired) electrons. The van der Waals surface area contributed by atoms with Crippen LogP contribution in [0.15, 0.2) is 72.3 Å². The minimum absolute atomic E-state index is 0.00615. The second-order valence-electron chi connectivity index (χ2n) is 6.59. The first-order valence-corrected chi connectivity index (χ1v) is 10.1. The van der Waals surface area contributed by atoms with E-state index in [1.54, 1.807) is 24.3 Å². The molecule has 0 unspecified atom stereocenters. The Kier molecular flexibility index (Phi) is 5.65. The molecule has 0 fully saturated rings. The van der Waals surface area contributed by atoms with Gasteiger partial charge in [-0.15, -0.1) is 0 Å². The number of halogens is 3. The van der Waals surface area contributed by atoms with E-state index < -0.39 is 5.78 Å². The Labute approximate surface area is 188 Å². The van der Waals surface area contributed by atoms with Crippen LogP contribution in [0.1, 0.15) is 15.9 Å². The summed E-state index contributed by atoms with van der Waals surface area (Å²) in [5, 5.41) is 11.9. The SMILES string of the molecule is N#C/C(=C/c1c(-c2ccc(Cl)cc2)[nH]c2ccccc12)C(=O)c1ccc(Cl)c(Cl)c1. The van der Waals surface area contributed by atoms with Crippen molar-refractivity contribution in [2.45, 2.75) is 0 Å². The molecule has 6 heteroatoms. The summed E-state index contributed by atoms with van der Waals surface area (Å²) in [6, 6.07) is 21.7. The maximum absolute atomic E-state index is 13.0. The second kappa shape index (κ2) is 8.38. The number of fused-ring (bicyclic) bond motifs is 1. The molecule has 1 heterocycles. The smallest absolute Gasteiger partial charge is 0.203 e. The Hall–Kier alpha value is -3.03. The third-order valence-corrected chi connectivity index (χ3v) is 5.71. The normalized spacial score (nSPS) is 11.5. The van der Waals surface area contributed by atoms with Crippen molar-refractivity contribution < 1.29 is 4.79 Å². The molecule has 0 aliphatic heterocycles. The largest absolute Gasteiger partial charge is 0.354 e. The van der Waals surface area contributed by atoms with E-state index in [0.717, 1.165) is 27.7 Å². The van der Waals surface area contributed by atoms with Crippen molar-refractivity contribution in [3.05, 3.63) is 98.5 Å². The van der Waals surface area contributed by atoms with Crippen LogP contribution in [0.2, 0.25) is 15.1 Å². The number of hydrogen-bond acceptors (Lipinski definition) is 2. The van der Waals surface area contributed by atoms with Gasteiger partial charge in [0, 0.05) is 27.1 Å². The van der Waals surface area contributed by atoms with E-state index in [1.165, 1.54) is 12.1 Å². The van der Waals surface area contributed by atoms with Gasteiger partial charge in [0.1, 0.15) is 11.6 Å². The summed E-state index contributed by atoms with van der Waals surface area (Å²) < 4.78 is 0. The number of carbonyl (C=O) groups excluding carboxylic acids is 1. The molecule has 0 aliphatic rings. The zero-order chi connectivity index (χ0) is 21.3. The van der Waals surface area contributed by atoms with Crippen molar-refractivity contribution in [3.63, 3.8) is 0 Å². The molecule has 146 valence electrons. The van der Waals surface area contributed by atoms with Gasteiger partial charge < -0.3 is 4.98 Å². The number of allylic oxidation sites excluding steroid dienone is 1. The molecule has 0 saturated heterocycles. The Morgan fingerprint density at radius 3 is 2.37 bits per heavy atom. The fourth-order valence-electron chi connectivity index (χ4n) is 3.24. The summed E-state index contributed by atoms with van der Waals surface area (Å²) in [6.45, 7) is 0. The number of nitrogens with zero attached hydrogens (tertiary/aromatic N) is 1. The average Bonchev–Trinajstić information content (AvgIpc) is 3.12. The minimum atomic E-state index is -0.427. The van der Waals surface area contributed by atoms with E-state index in [-0.39, 0.29) is 10.6 Å². The molecule has 0 aliphatic carbocycles. The van der Waals surface area contributed by atoms with Crippen molar-refractivity contribution >= 4 is 57.6 Å². The maximum Gasteiger partial charge on any atom is 0.203 e. The van der Waals surface area contributed by atoms with E-state index in [0.29, 0.717) is 15.6 Å². The van der Waals surface area contributed by atoms with Gasteiger partial charge >= 0.3 is 0 Å². The van der Waals surface area contributed by atoms with Gasteiger partial charge in [-0.3, -0.25) is 4.79 Å². The quantitative estimate of drug-likeness (QED) is 0.197. The van der Waals surface area contributed by atoms with Crippen molar-refractivity contribution in [2.24, 2.45) is 0 Å². The van der Waals surface area contributed by atoms with Crippen molar-refractivity contribution in [3.8, 4) is 17.3 Å². The van der Waals surface area contributed by atoms with Crippen LogP contribution in [0.3, 0.4) is 0 Å². The molecule has 1 aromatic heterocycles. The number of rotatable bonds is 4. The van der Waals surface area contributed by atoms with Gasteiger partial charge in [0.2, 0.25) is 5.78 Å². The lowest BCUT2D eigenvalue weighted by Gasteiger charge is -2.04. The molecular formula is C24H13Cl3N2O. The van der Waals surface area contributed by atoms with Crippen LogP contribution >= 0.6 is 34.8 Å². The van der Waals surface area contributed by atoms with Gasteiger partial charge in [-0.25, -0.2) is 0 Å². The van der Waals surface area contributed by atoms with E-state index >= 15 is 0 Å². The lowest BCUT2D eigenvalue weighted by atomic mass is 9.99. The summed E-state index contributed by atoms with van der Waals surface area (Å²) in [6.07, 6.45) is 1.60. The molecule has 0 amide bonds. The van der Waals surface area contributed by atoms with Crippen LogP contribution in [0.5, 0.6) is 0 Å². The monoisotopic (exact) mass is 450 g/mol. The summed E-state index contributed by atoms with van der Waals surface area (Å²) >= 11 is 18.0. The summed E-state index contributed by atoms with van der Waals surface area (Å²) in [5.74, 6) is -0.427. The van der Waals surface area contributed by atoms with Gasteiger partial charge in [-0.05, 0) is 48.0 Å². The van der Waals surface area contributed by atoms with Crippen LogP contribution in [-0.4, -0.2) is 10.8 Å². The van der Waals surface area contributed by atoms with E-state index in [1.807, 2.05) is 42.5 Å². The zero-order valence-corrected chi connectivity index (χ0v) is 17.7. The standard InChI is InChI=1S/C24H13Cl3N2O/c25-17-8-5-14(6-9-17)23-19(18-3-1-2-4-22(18)29-23)11-16(13-28)24(30)15-7-10-20(26)21(27)12-15/h1-12,29H/b16-11-. The predicted molar refractivity (Wildman–Crippen MR) is 123 cm³/mol. The first-order chi connectivity index (χ1) is 14.5.